The van der Waals surface area contributed by atoms with Gasteiger partial charge in [-0.1, -0.05) is 37.5 Å². The van der Waals surface area contributed by atoms with Crippen molar-refractivity contribution in [3.05, 3.63) is 59.9 Å². The maximum atomic E-state index is 13.0. The maximum absolute atomic E-state index is 13.0. The Morgan fingerprint density at radius 3 is 2.49 bits per heavy atom. The van der Waals surface area contributed by atoms with Crippen molar-refractivity contribution < 1.29 is 27.2 Å². The van der Waals surface area contributed by atoms with Gasteiger partial charge in [0.05, 0.1) is 4.90 Å². The van der Waals surface area contributed by atoms with Crippen LogP contribution in [-0.2, 0) is 25.3 Å². The van der Waals surface area contributed by atoms with Gasteiger partial charge in [-0.15, -0.1) is 0 Å². The molecule has 0 bridgehead atoms. The lowest BCUT2D eigenvalue weighted by atomic mass is 10.0. The predicted molar refractivity (Wildman–Crippen MR) is 136 cm³/mol. The molecule has 0 spiro atoms. The van der Waals surface area contributed by atoms with Crippen LogP contribution in [0.5, 0.6) is 0 Å². The van der Waals surface area contributed by atoms with Gasteiger partial charge in [0.15, 0.2) is 6.10 Å². The van der Waals surface area contributed by atoms with Crippen molar-refractivity contribution in [2.24, 2.45) is 5.14 Å². The molecule has 8 nitrogen and oxygen atoms in total. The summed E-state index contributed by atoms with van der Waals surface area (Å²) in [5.41, 5.74) is 1.73. The van der Waals surface area contributed by atoms with E-state index < -0.39 is 28.0 Å². The van der Waals surface area contributed by atoms with Gasteiger partial charge in [0.2, 0.25) is 15.8 Å². The third-order valence-corrected chi connectivity index (χ3v) is 8.33. The fourth-order valence-corrected chi connectivity index (χ4v) is 5.95. The number of hydrogen-bond acceptors (Lipinski definition) is 7. The highest BCUT2D eigenvalue weighted by molar-refractivity contribution is 7.99. The molecule has 4 rings (SSSR count). The van der Waals surface area contributed by atoms with Gasteiger partial charge >= 0.3 is 5.97 Å². The molecule has 0 radical (unpaired) electrons. The fourth-order valence-electron chi connectivity index (χ4n) is 4.08. The summed E-state index contributed by atoms with van der Waals surface area (Å²) in [6.45, 7) is 1.46. The normalized spacial score (nSPS) is 15.6. The van der Waals surface area contributed by atoms with Gasteiger partial charge in [-0.2, -0.15) is 11.8 Å². The van der Waals surface area contributed by atoms with Crippen LogP contribution in [0.2, 0.25) is 0 Å². The predicted octanol–water partition coefficient (Wildman–Crippen LogP) is 4.83. The molecule has 1 heterocycles. The number of rotatable bonds is 8. The van der Waals surface area contributed by atoms with Gasteiger partial charge in [0.25, 0.3) is 5.91 Å². The Morgan fingerprint density at radius 1 is 1.11 bits per heavy atom. The van der Waals surface area contributed by atoms with Gasteiger partial charge in [-0.05, 0) is 50.1 Å². The van der Waals surface area contributed by atoms with Crippen molar-refractivity contribution in [3.8, 4) is 0 Å². The molecule has 1 saturated carbocycles. The number of ether oxygens (including phenoxy) is 1. The molecule has 0 aliphatic heterocycles. The van der Waals surface area contributed by atoms with E-state index in [9.17, 15) is 18.0 Å². The zero-order chi connectivity index (χ0) is 25.0. The first-order valence-corrected chi connectivity index (χ1v) is 14.1. The maximum Gasteiger partial charge on any atom is 0.375 e. The summed E-state index contributed by atoms with van der Waals surface area (Å²) in [7, 11) is -3.83. The Bertz CT molecular complexity index is 1310. The number of nitrogens with two attached hydrogens (primary N) is 1. The van der Waals surface area contributed by atoms with Crippen LogP contribution in [0.25, 0.3) is 11.0 Å². The van der Waals surface area contributed by atoms with Gasteiger partial charge in [-0.25, -0.2) is 18.4 Å². The first kappa shape index (κ1) is 25.3. The number of sulfonamides is 1. The Labute approximate surface area is 208 Å². The zero-order valence-electron chi connectivity index (χ0n) is 19.4. The van der Waals surface area contributed by atoms with Crippen molar-refractivity contribution in [2.45, 2.75) is 61.0 Å². The average molecular weight is 517 g/mol. The molecule has 3 aromatic rings. The second-order valence-electron chi connectivity index (χ2n) is 8.58. The molecule has 186 valence electrons. The molecule has 0 unspecified atom stereocenters. The highest BCUT2D eigenvalue weighted by Crippen LogP contribution is 2.35. The number of hydrogen-bond donors (Lipinski definition) is 2. The number of anilines is 1. The number of fused-ring (bicyclic) bond motifs is 1. The van der Waals surface area contributed by atoms with Crippen LogP contribution >= 0.6 is 11.8 Å². The molecule has 1 aliphatic carbocycles. The summed E-state index contributed by atoms with van der Waals surface area (Å²) in [6, 6.07) is 12.9. The molecule has 1 fully saturated rings. The van der Waals surface area contributed by atoms with Crippen LogP contribution in [0.1, 0.15) is 55.1 Å². The molecule has 2 aromatic carbocycles. The van der Waals surface area contributed by atoms with Gasteiger partial charge < -0.3 is 14.5 Å². The van der Waals surface area contributed by atoms with E-state index in [0.29, 0.717) is 22.3 Å². The minimum absolute atomic E-state index is 0.0708. The van der Waals surface area contributed by atoms with Gasteiger partial charge in [0, 0.05) is 27.6 Å². The number of carbonyl (C=O) groups excluding carboxylic acids is 2. The van der Waals surface area contributed by atoms with Crippen molar-refractivity contribution in [3.63, 3.8) is 0 Å². The SMILES string of the molecule is C[C@H](OC(=O)c1oc2ccccc2c1CSC1CCCCC1)C(=O)Nc1ccc(S(N)(=O)=O)cc1. The largest absolute Gasteiger partial charge is 0.449 e. The third kappa shape index (κ3) is 6.25. The van der Waals surface area contributed by atoms with Gasteiger partial charge in [-0.3, -0.25) is 4.79 Å². The molecule has 1 atom stereocenters. The number of primary sulfonamides is 1. The van der Waals surface area contributed by atoms with E-state index in [1.807, 2.05) is 36.0 Å². The van der Waals surface area contributed by atoms with Crippen LogP contribution in [0.15, 0.2) is 57.8 Å². The third-order valence-electron chi connectivity index (χ3n) is 6.00. The molecular weight excluding hydrogens is 488 g/mol. The van der Waals surface area contributed by atoms with E-state index in [2.05, 4.69) is 5.32 Å². The Balaban J connectivity index is 1.45. The summed E-state index contributed by atoms with van der Waals surface area (Å²) in [5.74, 6) is -0.515. The molecule has 3 N–H and O–H groups in total. The number of esters is 1. The first-order chi connectivity index (χ1) is 16.7. The van der Waals surface area contributed by atoms with E-state index in [-0.39, 0.29) is 10.7 Å². The van der Waals surface area contributed by atoms with E-state index in [1.165, 1.54) is 63.3 Å². The minimum atomic E-state index is -3.83. The van der Waals surface area contributed by atoms with Crippen LogP contribution in [0.4, 0.5) is 5.69 Å². The fraction of sp³-hybridized carbons (Fsp3) is 0.360. The monoisotopic (exact) mass is 516 g/mol. The Morgan fingerprint density at radius 2 is 1.80 bits per heavy atom. The Kier molecular flexibility index (Phi) is 7.83. The van der Waals surface area contributed by atoms with Crippen LogP contribution in [0, 0.1) is 0 Å². The lowest BCUT2D eigenvalue weighted by molar-refractivity contribution is -0.123. The average Bonchev–Trinajstić information content (AvgIpc) is 3.22. The summed E-state index contributed by atoms with van der Waals surface area (Å²) in [6.07, 6.45) is 4.99. The van der Waals surface area contributed by atoms with E-state index in [1.54, 1.807) is 0 Å². The number of nitrogens with one attached hydrogen (secondary N) is 1. The smallest absolute Gasteiger partial charge is 0.375 e. The quantitative estimate of drug-likeness (QED) is 0.410. The molecule has 35 heavy (non-hydrogen) atoms. The number of benzene rings is 2. The summed E-state index contributed by atoms with van der Waals surface area (Å²) >= 11 is 1.83. The molecule has 1 amide bonds. The van der Waals surface area contributed by atoms with Crippen LogP contribution in [-0.4, -0.2) is 31.6 Å². The van der Waals surface area contributed by atoms with Crippen LogP contribution < -0.4 is 10.5 Å². The van der Waals surface area contributed by atoms with Crippen LogP contribution in [0.3, 0.4) is 0 Å². The Hall–Kier alpha value is -2.82. The van der Waals surface area contributed by atoms with Crippen molar-refractivity contribution in [1.82, 2.24) is 0 Å². The zero-order valence-corrected chi connectivity index (χ0v) is 21.0. The number of thioether (sulfide) groups is 1. The van der Waals surface area contributed by atoms with E-state index >= 15 is 0 Å². The summed E-state index contributed by atoms with van der Waals surface area (Å²) in [4.78, 5) is 25.5. The molecule has 1 aliphatic rings. The summed E-state index contributed by atoms with van der Waals surface area (Å²) < 4.78 is 34.1. The molecular formula is C25H28N2O6S2. The number of para-hydroxylation sites is 1. The second kappa shape index (κ2) is 10.8. The first-order valence-electron chi connectivity index (χ1n) is 11.5. The summed E-state index contributed by atoms with van der Waals surface area (Å²) in [5, 5.41) is 9.12. The molecule has 10 heteroatoms. The highest BCUT2D eigenvalue weighted by Gasteiger charge is 2.27. The standard InChI is InChI=1S/C25H28N2O6S2/c1-16(24(28)27-17-11-13-19(14-12-17)35(26,30)31)32-25(29)23-21(15-34-18-7-3-2-4-8-18)20-9-5-6-10-22(20)33-23/h5-6,9-14,16,18H,2-4,7-8,15H2,1H3,(H,27,28)(H2,26,30,31)/t16-/m0/s1. The lowest BCUT2D eigenvalue weighted by Gasteiger charge is -2.21. The second-order valence-corrected chi connectivity index (χ2v) is 11.4. The lowest BCUT2D eigenvalue weighted by Crippen LogP contribution is -2.30. The number of carbonyl (C=O) groups is 2. The molecule has 0 saturated heterocycles. The number of furan rings is 1. The van der Waals surface area contributed by atoms with E-state index in [4.69, 9.17) is 14.3 Å². The minimum Gasteiger partial charge on any atom is -0.449 e. The molecule has 1 aromatic heterocycles. The van der Waals surface area contributed by atoms with Crippen molar-refractivity contribution in [2.75, 3.05) is 5.32 Å². The van der Waals surface area contributed by atoms with Gasteiger partial charge in [0.1, 0.15) is 5.58 Å². The van der Waals surface area contributed by atoms with Crippen molar-refractivity contribution >= 4 is 50.3 Å². The van der Waals surface area contributed by atoms with E-state index in [0.717, 1.165) is 10.9 Å². The topological polar surface area (TPSA) is 129 Å². The number of amides is 1. The van der Waals surface area contributed by atoms with Crippen molar-refractivity contribution in [1.29, 1.82) is 0 Å². The highest BCUT2D eigenvalue weighted by atomic mass is 32.2.